The molecule has 2 fully saturated rings. The van der Waals surface area contributed by atoms with Gasteiger partial charge in [-0.3, -0.25) is 9.59 Å². The lowest BCUT2D eigenvalue weighted by Crippen LogP contribution is -2.23. The van der Waals surface area contributed by atoms with E-state index in [1.165, 1.54) is 31.4 Å². The summed E-state index contributed by atoms with van der Waals surface area (Å²) in [5.74, 6) is 1.05. The molecule has 1 aromatic carbocycles. The summed E-state index contributed by atoms with van der Waals surface area (Å²) in [6, 6.07) is 2.96. The zero-order chi connectivity index (χ0) is 17.3. The maximum atomic E-state index is 11.9. The van der Waals surface area contributed by atoms with E-state index in [2.05, 4.69) is 5.32 Å². The molecule has 0 aliphatic heterocycles. The summed E-state index contributed by atoms with van der Waals surface area (Å²) in [7, 11) is 0. The third-order valence-electron chi connectivity index (χ3n) is 4.95. The Hall–Kier alpha value is -0.970. The summed E-state index contributed by atoms with van der Waals surface area (Å²) in [6.45, 7) is -0.352. The van der Waals surface area contributed by atoms with Crippen LogP contribution in [0.25, 0.3) is 0 Å². The summed E-state index contributed by atoms with van der Waals surface area (Å²) in [6.07, 6.45) is 5.27. The van der Waals surface area contributed by atoms with Crippen LogP contribution in [0, 0.1) is 17.8 Å². The van der Waals surface area contributed by atoms with Crippen LogP contribution in [0.15, 0.2) is 12.1 Å². The number of rotatable bonds is 5. The van der Waals surface area contributed by atoms with Crippen molar-refractivity contribution in [3.05, 3.63) is 27.2 Å². The zero-order valence-corrected chi connectivity index (χ0v) is 15.3. The molecule has 24 heavy (non-hydrogen) atoms. The lowest BCUT2D eigenvalue weighted by atomic mass is 9.86. The van der Waals surface area contributed by atoms with Gasteiger partial charge in [-0.05, 0) is 49.1 Å². The van der Waals surface area contributed by atoms with Crippen molar-refractivity contribution in [2.75, 3.05) is 11.9 Å². The van der Waals surface area contributed by atoms with Crippen LogP contribution in [0.1, 0.15) is 32.1 Å². The van der Waals surface area contributed by atoms with Crippen LogP contribution in [0.5, 0.6) is 0 Å². The maximum absolute atomic E-state index is 11.9. The predicted octanol–water partition coefficient (Wildman–Crippen LogP) is 4.95. The number of amides is 1. The van der Waals surface area contributed by atoms with Crippen molar-refractivity contribution in [2.45, 2.75) is 32.1 Å². The topological polar surface area (TPSA) is 55.4 Å². The van der Waals surface area contributed by atoms with Crippen molar-refractivity contribution in [1.29, 1.82) is 0 Å². The highest BCUT2D eigenvalue weighted by Crippen LogP contribution is 2.49. The minimum absolute atomic E-state index is 0.231. The number of halogens is 3. The minimum atomic E-state index is -0.484. The van der Waals surface area contributed by atoms with Gasteiger partial charge in [0.2, 0.25) is 0 Å². The Morgan fingerprint density at radius 2 is 1.83 bits per heavy atom. The molecular formula is C17H18Cl3NO3. The van der Waals surface area contributed by atoms with Crippen molar-refractivity contribution in [3.63, 3.8) is 0 Å². The van der Waals surface area contributed by atoms with Crippen LogP contribution in [0.2, 0.25) is 15.1 Å². The van der Waals surface area contributed by atoms with Crippen molar-refractivity contribution < 1.29 is 14.3 Å². The maximum Gasteiger partial charge on any atom is 0.306 e. The van der Waals surface area contributed by atoms with E-state index in [4.69, 9.17) is 39.5 Å². The molecule has 2 aliphatic carbocycles. The number of carbonyl (C=O) groups is 2. The number of hydrogen-bond donors (Lipinski definition) is 1. The molecule has 1 amide bonds. The number of esters is 1. The van der Waals surface area contributed by atoms with Gasteiger partial charge in [0.15, 0.2) is 6.61 Å². The zero-order valence-electron chi connectivity index (χ0n) is 13.0. The van der Waals surface area contributed by atoms with Crippen molar-refractivity contribution in [2.24, 2.45) is 17.8 Å². The molecule has 1 aromatic rings. The van der Waals surface area contributed by atoms with Gasteiger partial charge in [0, 0.05) is 11.4 Å². The van der Waals surface area contributed by atoms with Gasteiger partial charge in [-0.15, -0.1) is 0 Å². The molecule has 2 saturated carbocycles. The molecule has 1 N–H and O–H groups in total. The lowest BCUT2D eigenvalue weighted by Gasteiger charge is -2.20. The van der Waals surface area contributed by atoms with E-state index in [9.17, 15) is 9.59 Å². The summed E-state index contributed by atoms with van der Waals surface area (Å²) in [4.78, 5) is 23.9. The van der Waals surface area contributed by atoms with E-state index < -0.39 is 5.91 Å². The van der Waals surface area contributed by atoms with Gasteiger partial charge in [0.1, 0.15) is 0 Å². The normalized spacial score (nSPS) is 24.9. The molecule has 0 radical (unpaired) electrons. The van der Waals surface area contributed by atoms with Gasteiger partial charge in [0.25, 0.3) is 5.91 Å². The Balaban J connectivity index is 1.46. The van der Waals surface area contributed by atoms with E-state index in [1.54, 1.807) is 0 Å². The molecule has 130 valence electrons. The average molecular weight is 391 g/mol. The van der Waals surface area contributed by atoms with E-state index in [1.807, 2.05) is 0 Å². The molecule has 0 unspecified atom stereocenters. The Morgan fingerprint density at radius 1 is 1.12 bits per heavy atom. The highest BCUT2D eigenvalue weighted by Gasteiger charge is 2.40. The van der Waals surface area contributed by atoms with Crippen LogP contribution < -0.4 is 5.32 Å². The second-order valence-corrected chi connectivity index (χ2v) is 7.84. The number of anilines is 1. The molecule has 3 atom stereocenters. The summed E-state index contributed by atoms with van der Waals surface area (Å²) in [5.41, 5.74) is 0.261. The molecule has 0 aromatic heterocycles. The van der Waals surface area contributed by atoms with Crippen molar-refractivity contribution in [3.8, 4) is 0 Å². The van der Waals surface area contributed by atoms with Gasteiger partial charge >= 0.3 is 5.97 Å². The Morgan fingerprint density at radius 3 is 2.42 bits per heavy atom. The molecule has 0 spiro atoms. The fraction of sp³-hybridized carbons (Fsp3) is 0.529. The number of fused-ring (bicyclic) bond motifs is 2. The largest absolute Gasteiger partial charge is 0.456 e. The van der Waals surface area contributed by atoms with E-state index in [0.717, 1.165) is 12.3 Å². The third kappa shape index (κ3) is 4.16. The number of carbonyl (C=O) groups excluding carboxylic acids is 2. The molecule has 2 bridgehead atoms. The molecule has 0 heterocycles. The van der Waals surface area contributed by atoms with Crippen LogP contribution in [0.4, 0.5) is 5.69 Å². The monoisotopic (exact) mass is 389 g/mol. The van der Waals surface area contributed by atoms with Gasteiger partial charge in [-0.2, -0.15) is 0 Å². The van der Waals surface area contributed by atoms with Gasteiger partial charge in [0.05, 0.1) is 15.7 Å². The molecule has 4 nitrogen and oxygen atoms in total. The van der Waals surface area contributed by atoms with Crippen LogP contribution in [-0.2, 0) is 14.3 Å². The van der Waals surface area contributed by atoms with Crippen LogP contribution >= 0.6 is 34.8 Å². The number of hydrogen-bond acceptors (Lipinski definition) is 3. The van der Waals surface area contributed by atoms with E-state index in [0.29, 0.717) is 23.3 Å². The summed E-state index contributed by atoms with van der Waals surface area (Å²) >= 11 is 17.8. The van der Waals surface area contributed by atoms with Crippen molar-refractivity contribution >= 4 is 52.4 Å². The third-order valence-corrected chi connectivity index (χ3v) is 5.76. The quantitative estimate of drug-likeness (QED) is 0.723. The van der Waals surface area contributed by atoms with E-state index in [-0.39, 0.29) is 28.3 Å². The first-order valence-corrected chi connectivity index (χ1v) is 9.15. The standard InChI is InChI=1S/C17H18Cl3NO3/c18-12-6-13(19)17(14(20)7-12)21-15(22)8-24-16(23)5-11-4-9-1-2-10(11)3-9/h6-7,9-11H,1-5,8H2,(H,21,22)/t9-,10-,11+/m0/s1. The van der Waals surface area contributed by atoms with Gasteiger partial charge < -0.3 is 10.1 Å². The van der Waals surface area contributed by atoms with Crippen LogP contribution in [0.3, 0.4) is 0 Å². The number of benzene rings is 1. The second-order valence-electron chi connectivity index (χ2n) is 6.59. The van der Waals surface area contributed by atoms with Crippen LogP contribution in [-0.4, -0.2) is 18.5 Å². The van der Waals surface area contributed by atoms with Gasteiger partial charge in [-0.25, -0.2) is 0 Å². The highest BCUT2D eigenvalue weighted by molar-refractivity contribution is 6.42. The van der Waals surface area contributed by atoms with Crippen molar-refractivity contribution in [1.82, 2.24) is 0 Å². The Kier molecular flexibility index (Phi) is 5.58. The number of ether oxygens (including phenoxy) is 1. The van der Waals surface area contributed by atoms with E-state index >= 15 is 0 Å². The predicted molar refractivity (Wildman–Crippen MR) is 94.6 cm³/mol. The fourth-order valence-electron chi connectivity index (χ4n) is 3.88. The summed E-state index contributed by atoms with van der Waals surface area (Å²) < 4.78 is 5.09. The SMILES string of the molecule is O=C(COC(=O)C[C@H]1C[C@H]2CC[C@H]1C2)Nc1c(Cl)cc(Cl)cc1Cl. The smallest absolute Gasteiger partial charge is 0.306 e. The Bertz CT molecular complexity index is 641. The highest BCUT2D eigenvalue weighted by atomic mass is 35.5. The molecule has 2 aliphatic rings. The summed E-state index contributed by atoms with van der Waals surface area (Å²) in [5, 5.41) is 3.38. The Labute approximate surface area is 155 Å². The molecule has 7 heteroatoms. The first-order valence-electron chi connectivity index (χ1n) is 8.02. The minimum Gasteiger partial charge on any atom is -0.456 e. The van der Waals surface area contributed by atoms with Gasteiger partial charge in [-0.1, -0.05) is 41.2 Å². The average Bonchev–Trinajstić information content (AvgIpc) is 3.11. The number of nitrogens with one attached hydrogen (secondary N) is 1. The first-order chi connectivity index (χ1) is 11.4. The lowest BCUT2D eigenvalue weighted by molar-refractivity contribution is -0.148. The fourth-order valence-corrected chi connectivity index (χ4v) is 4.79. The molecular weight excluding hydrogens is 373 g/mol. The second kappa shape index (κ2) is 7.51. The molecule has 3 rings (SSSR count). The first kappa shape index (κ1) is 17.8. The molecule has 0 saturated heterocycles.